The molecule has 1 heterocycles. The Kier molecular flexibility index (Phi) is 8.17. The van der Waals surface area contributed by atoms with Gasteiger partial charge in [0, 0.05) is 5.56 Å². The number of aryl methyl sites for hydroxylation is 1. The van der Waals surface area contributed by atoms with Crippen LogP contribution >= 0.6 is 0 Å². The Labute approximate surface area is 259 Å². The van der Waals surface area contributed by atoms with Crippen LogP contribution in [0.1, 0.15) is 112 Å². The van der Waals surface area contributed by atoms with E-state index in [1.54, 1.807) is 0 Å². The SMILES string of the molecule is C=C(c1ccc(C(=O)COCc2ccc(B3OC(C)(C)C(C)(C)O3)cc2)cc1)c1cc2c(cc1C)C(C)(C)CCC2(C)C. The number of benzene rings is 3. The lowest BCUT2D eigenvalue weighted by Crippen LogP contribution is -2.41. The van der Waals surface area contributed by atoms with Gasteiger partial charge in [0.25, 0.3) is 0 Å². The highest BCUT2D eigenvalue weighted by molar-refractivity contribution is 6.62. The maximum Gasteiger partial charge on any atom is 0.494 e. The molecular formula is C38H47BO4. The fourth-order valence-corrected chi connectivity index (χ4v) is 6.16. The molecule has 5 heteroatoms. The fourth-order valence-electron chi connectivity index (χ4n) is 6.16. The van der Waals surface area contributed by atoms with Crippen molar-refractivity contribution < 1.29 is 18.8 Å². The highest BCUT2D eigenvalue weighted by atomic mass is 16.7. The Morgan fingerprint density at radius 2 is 1.30 bits per heavy atom. The van der Waals surface area contributed by atoms with Gasteiger partial charge in [-0.05, 0) is 103 Å². The van der Waals surface area contributed by atoms with Gasteiger partial charge in [-0.25, -0.2) is 0 Å². The van der Waals surface area contributed by atoms with Crippen LogP contribution in [0.25, 0.3) is 5.57 Å². The van der Waals surface area contributed by atoms with Crippen LogP contribution in [-0.2, 0) is 31.5 Å². The van der Waals surface area contributed by atoms with Gasteiger partial charge in [0.2, 0.25) is 0 Å². The minimum atomic E-state index is -0.393. The summed E-state index contributed by atoms with van der Waals surface area (Å²) in [4.78, 5) is 12.9. The Balaban J connectivity index is 1.19. The van der Waals surface area contributed by atoms with Crippen molar-refractivity contribution in [2.45, 2.75) is 104 Å². The molecule has 226 valence electrons. The van der Waals surface area contributed by atoms with Crippen molar-refractivity contribution in [2.24, 2.45) is 0 Å². The quantitative estimate of drug-likeness (QED) is 0.200. The van der Waals surface area contributed by atoms with Crippen molar-refractivity contribution >= 4 is 23.9 Å². The summed E-state index contributed by atoms with van der Waals surface area (Å²) in [5.74, 6) is -0.0417. The van der Waals surface area contributed by atoms with Crippen LogP contribution in [-0.4, -0.2) is 30.7 Å². The summed E-state index contributed by atoms with van der Waals surface area (Å²) >= 11 is 0. The van der Waals surface area contributed by atoms with Gasteiger partial charge in [-0.15, -0.1) is 0 Å². The van der Waals surface area contributed by atoms with Gasteiger partial charge in [0.1, 0.15) is 6.61 Å². The van der Waals surface area contributed by atoms with E-state index in [9.17, 15) is 4.79 Å². The normalized spacial score (nSPS) is 19.6. The molecule has 0 amide bonds. The molecule has 0 atom stereocenters. The standard InChI is InChI=1S/C38H47BO4/c1-25-21-32-33(36(5,6)20-19-35(32,3)4)22-31(25)26(2)28-13-15-29(16-14-28)34(40)24-41-23-27-11-17-30(18-12-27)39-42-37(7,8)38(9,10)43-39/h11-18,21-22H,2,19-20,23-24H2,1,3-10H3. The molecule has 0 spiro atoms. The summed E-state index contributed by atoms with van der Waals surface area (Å²) in [6.45, 7) is 24.6. The molecule has 2 aliphatic rings. The molecule has 0 N–H and O–H groups in total. The van der Waals surface area contributed by atoms with Crippen LogP contribution < -0.4 is 5.46 Å². The van der Waals surface area contributed by atoms with Crippen LogP contribution in [0.15, 0.2) is 67.2 Å². The summed E-state index contributed by atoms with van der Waals surface area (Å²) in [6.07, 6.45) is 2.37. The highest BCUT2D eigenvalue weighted by Gasteiger charge is 2.51. The molecule has 0 unspecified atom stereocenters. The second-order valence-electron chi connectivity index (χ2n) is 14.8. The number of rotatable bonds is 8. The molecule has 1 aliphatic heterocycles. The van der Waals surface area contributed by atoms with Crippen LogP contribution in [0.2, 0.25) is 0 Å². The molecule has 3 aromatic rings. The first-order valence-corrected chi connectivity index (χ1v) is 15.5. The van der Waals surface area contributed by atoms with Gasteiger partial charge in [0.05, 0.1) is 17.8 Å². The second kappa shape index (κ2) is 11.2. The summed E-state index contributed by atoms with van der Waals surface area (Å²) in [6, 6.07) is 20.5. The third kappa shape index (κ3) is 6.18. The van der Waals surface area contributed by atoms with Gasteiger partial charge in [-0.2, -0.15) is 0 Å². The number of hydrogen-bond acceptors (Lipinski definition) is 4. The van der Waals surface area contributed by atoms with E-state index in [0.717, 1.165) is 22.2 Å². The number of hydrogen-bond donors (Lipinski definition) is 0. The predicted octanol–water partition coefficient (Wildman–Crippen LogP) is 8.10. The van der Waals surface area contributed by atoms with Crippen LogP contribution in [0, 0.1) is 6.92 Å². The summed E-state index contributed by atoms with van der Waals surface area (Å²) in [7, 11) is -0.393. The molecule has 3 aromatic carbocycles. The molecule has 43 heavy (non-hydrogen) atoms. The molecule has 0 bridgehead atoms. The second-order valence-corrected chi connectivity index (χ2v) is 14.8. The van der Waals surface area contributed by atoms with Gasteiger partial charge in [-0.3, -0.25) is 4.79 Å². The highest BCUT2D eigenvalue weighted by Crippen LogP contribution is 2.47. The average molecular weight is 579 g/mol. The molecule has 0 radical (unpaired) electrons. The minimum Gasteiger partial charge on any atom is -0.399 e. The average Bonchev–Trinajstić information content (AvgIpc) is 3.17. The Morgan fingerprint density at radius 3 is 1.86 bits per heavy atom. The van der Waals surface area contributed by atoms with E-state index in [4.69, 9.17) is 14.0 Å². The lowest BCUT2D eigenvalue weighted by atomic mass is 9.62. The first-order valence-electron chi connectivity index (χ1n) is 15.5. The molecule has 0 saturated carbocycles. The minimum absolute atomic E-state index is 0.0219. The number of ether oxygens (including phenoxy) is 1. The molecule has 1 saturated heterocycles. The smallest absolute Gasteiger partial charge is 0.399 e. The van der Waals surface area contributed by atoms with Crippen molar-refractivity contribution in [1.82, 2.24) is 0 Å². The Bertz CT molecular complexity index is 1510. The lowest BCUT2D eigenvalue weighted by molar-refractivity contribution is 0.00578. The number of fused-ring (bicyclic) bond motifs is 1. The van der Waals surface area contributed by atoms with E-state index in [-0.39, 0.29) is 34.4 Å². The monoisotopic (exact) mass is 578 g/mol. The van der Waals surface area contributed by atoms with E-state index >= 15 is 0 Å². The van der Waals surface area contributed by atoms with E-state index < -0.39 is 7.12 Å². The lowest BCUT2D eigenvalue weighted by Gasteiger charge is -2.42. The fraction of sp³-hybridized carbons (Fsp3) is 0.447. The number of Topliss-reactive ketones (excluding diaryl/α,β-unsaturated/α-hetero) is 1. The van der Waals surface area contributed by atoms with Crippen LogP contribution in [0.3, 0.4) is 0 Å². The number of carbonyl (C=O) groups is 1. The third-order valence-electron chi connectivity index (χ3n) is 10.1. The van der Waals surface area contributed by atoms with Gasteiger partial charge in [0.15, 0.2) is 5.78 Å². The topological polar surface area (TPSA) is 44.8 Å². The van der Waals surface area contributed by atoms with Crippen LogP contribution in [0.4, 0.5) is 0 Å². The van der Waals surface area contributed by atoms with E-state index in [0.29, 0.717) is 12.2 Å². The number of ketones is 1. The zero-order chi connectivity index (χ0) is 31.4. The Hall–Kier alpha value is -2.99. The molecule has 1 fully saturated rings. The summed E-state index contributed by atoms with van der Waals surface area (Å²) in [5.41, 5.74) is 9.48. The van der Waals surface area contributed by atoms with E-state index in [1.165, 1.54) is 35.1 Å². The molecule has 1 aliphatic carbocycles. The largest absolute Gasteiger partial charge is 0.494 e. The maximum atomic E-state index is 12.9. The predicted molar refractivity (Wildman–Crippen MR) is 177 cm³/mol. The van der Waals surface area contributed by atoms with Crippen molar-refractivity contribution in [2.75, 3.05) is 6.61 Å². The number of carbonyl (C=O) groups excluding carboxylic acids is 1. The zero-order valence-corrected chi connectivity index (χ0v) is 27.5. The van der Waals surface area contributed by atoms with Gasteiger partial charge >= 0.3 is 7.12 Å². The van der Waals surface area contributed by atoms with Gasteiger partial charge < -0.3 is 14.0 Å². The first kappa shape index (κ1) is 31.4. The molecular weight excluding hydrogens is 531 g/mol. The van der Waals surface area contributed by atoms with Crippen molar-refractivity contribution in [3.8, 4) is 0 Å². The molecule has 4 nitrogen and oxygen atoms in total. The third-order valence-corrected chi connectivity index (χ3v) is 10.1. The van der Waals surface area contributed by atoms with E-state index in [2.05, 4.69) is 53.3 Å². The van der Waals surface area contributed by atoms with Crippen molar-refractivity contribution in [3.05, 3.63) is 106 Å². The zero-order valence-electron chi connectivity index (χ0n) is 27.5. The van der Waals surface area contributed by atoms with Crippen LogP contribution in [0.5, 0.6) is 0 Å². The first-order chi connectivity index (χ1) is 20.0. The molecule has 0 aromatic heterocycles. The summed E-state index contributed by atoms with van der Waals surface area (Å²) < 4.78 is 18.1. The molecule has 5 rings (SSSR count). The maximum absolute atomic E-state index is 12.9. The Morgan fingerprint density at radius 1 is 0.791 bits per heavy atom. The van der Waals surface area contributed by atoms with Crippen molar-refractivity contribution in [1.29, 1.82) is 0 Å². The summed E-state index contributed by atoms with van der Waals surface area (Å²) in [5, 5.41) is 0. The van der Waals surface area contributed by atoms with E-state index in [1.807, 2.05) is 76.2 Å². The van der Waals surface area contributed by atoms with Gasteiger partial charge in [-0.1, -0.05) is 94.9 Å². The van der Waals surface area contributed by atoms with Crippen molar-refractivity contribution in [3.63, 3.8) is 0 Å².